The zero-order chi connectivity index (χ0) is 21.0. The molecule has 0 unspecified atom stereocenters. The Balaban J connectivity index is 1.75. The summed E-state index contributed by atoms with van der Waals surface area (Å²) in [6.45, 7) is 11.5. The molecular formula is C20H26N6O2S. The number of aromatic nitrogens is 4. The molecule has 0 aromatic carbocycles. The molecule has 2 aromatic heterocycles. The number of hydrogen-bond acceptors (Lipinski definition) is 6. The molecule has 0 saturated carbocycles. The molecule has 1 aliphatic heterocycles. The minimum absolute atomic E-state index is 0.109. The van der Waals surface area contributed by atoms with Crippen LogP contribution < -0.4 is 5.32 Å². The molecule has 9 heteroatoms. The van der Waals surface area contributed by atoms with Gasteiger partial charge in [0.05, 0.1) is 24.0 Å². The smallest absolute Gasteiger partial charge is 0.235 e. The SMILES string of the molecule is C=CCn1c(C)nnc1SCC(=O)Nc1c(C#N)c(C)c(C)n1C[C@H]1CCCO1. The molecule has 3 rings (SSSR count). The van der Waals surface area contributed by atoms with E-state index in [1.807, 2.05) is 29.9 Å². The summed E-state index contributed by atoms with van der Waals surface area (Å²) in [5.41, 5.74) is 2.36. The Kier molecular flexibility index (Phi) is 6.77. The average Bonchev–Trinajstić information content (AvgIpc) is 3.39. The molecule has 1 N–H and O–H groups in total. The predicted molar refractivity (Wildman–Crippen MR) is 112 cm³/mol. The van der Waals surface area contributed by atoms with Crippen molar-refractivity contribution >= 4 is 23.5 Å². The Morgan fingerprint density at radius 1 is 1.41 bits per heavy atom. The van der Waals surface area contributed by atoms with Crippen molar-refractivity contribution in [2.45, 2.75) is 58.0 Å². The van der Waals surface area contributed by atoms with Crippen LogP contribution in [-0.4, -0.2) is 43.7 Å². The second kappa shape index (κ2) is 9.29. The Morgan fingerprint density at radius 3 is 2.86 bits per heavy atom. The molecule has 8 nitrogen and oxygen atoms in total. The highest BCUT2D eigenvalue weighted by Crippen LogP contribution is 2.29. The number of hydrogen-bond donors (Lipinski definition) is 1. The highest BCUT2D eigenvalue weighted by Gasteiger charge is 2.24. The number of anilines is 1. The van der Waals surface area contributed by atoms with E-state index in [0.29, 0.717) is 29.6 Å². The van der Waals surface area contributed by atoms with Gasteiger partial charge in [-0.15, -0.1) is 16.8 Å². The van der Waals surface area contributed by atoms with E-state index in [9.17, 15) is 10.1 Å². The summed E-state index contributed by atoms with van der Waals surface area (Å²) in [5, 5.41) is 21.4. The van der Waals surface area contributed by atoms with Gasteiger partial charge in [-0.3, -0.25) is 4.79 Å². The number of thioether (sulfide) groups is 1. The van der Waals surface area contributed by atoms with Crippen LogP contribution in [0, 0.1) is 32.1 Å². The van der Waals surface area contributed by atoms with E-state index >= 15 is 0 Å². The van der Waals surface area contributed by atoms with Gasteiger partial charge in [-0.25, -0.2) is 0 Å². The fourth-order valence-electron chi connectivity index (χ4n) is 3.46. The Bertz CT molecular complexity index is 949. The number of nitrogens with one attached hydrogen (secondary N) is 1. The highest BCUT2D eigenvalue weighted by atomic mass is 32.2. The molecule has 2 aromatic rings. The molecule has 154 valence electrons. The van der Waals surface area contributed by atoms with Crippen LogP contribution in [0.1, 0.15) is 35.5 Å². The molecule has 1 aliphatic rings. The molecule has 0 spiro atoms. The Labute approximate surface area is 174 Å². The number of allylic oxidation sites excluding steroid dienone is 1. The standard InChI is InChI=1S/C20H26N6O2S/c1-5-8-25-15(4)23-24-20(25)29-12-18(27)22-19-17(10-21)13(2)14(3)26(19)11-16-7-6-9-28-16/h5,16H,1,6-9,11-12H2,2-4H3,(H,22,27)/t16-/m1/s1. The largest absolute Gasteiger partial charge is 0.376 e. The minimum atomic E-state index is -0.191. The number of amides is 1. The molecule has 3 heterocycles. The van der Waals surface area contributed by atoms with Gasteiger partial charge in [0, 0.05) is 18.8 Å². The van der Waals surface area contributed by atoms with Crippen LogP contribution in [0.25, 0.3) is 0 Å². The number of aryl methyl sites for hydroxylation is 1. The van der Waals surface area contributed by atoms with Gasteiger partial charge in [0.15, 0.2) is 5.16 Å². The molecule has 0 bridgehead atoms. The predicted octanol–water partition coefficient (Wildman–Crippen LogP) is 2.97. The first-order chi connectivity index (χ1) is 14.0. The number of carbonyl (C=O) groups is 1. The molecular weight excluding hydrogens is 388 g/mol. The molecule has 1 atom stereocenters. The molecule has 0 aliphatic carbocycles. The quantitative estimate of drug-likeness (QED) is 0.527. The summed E-state index contributed by atoms with van der Waals surface area (Å²) >= 11 is 1.31. The van der Waals surface area contributed by atoms with Crippen molar-refractivity contribution in [3.05, 3.63) is 35.3 Å². The van der Waals surface area contributed by atoms with Crippen LogP contribution in [0.3, 0.4) is 0 Å². The van der Waals surface area contributed by atoms with Crippen LogP contribution >= 0.6 is 11.8 Å². The Morgan fingerprint density at radius 2 is 2.21 bits per heavy atom. The van der Waals surface area contributed by atoms with Crippen molar-refractivity contribution in [3.8, 4) is 6.07 Å². The van der Waals surface area contributed by atoms with E-state index < -0.39 is 0 Å². The second-order valence-electron chi connectivity index (χ2n) is 7.06. The van der Waals surface area contributed by atoms with E-state index in [-0.39, 0.29) is 17.8 Å². The zero-order valence-corrected chi connectivity index (χ0v) is 17.9. The lowest BCUT2D eigenvalue weighted by molar-refractivity contribution is -0.113. The second-order valence-corrected chi connectivity index (χ2v) is 8.00. The summed E-state index contributed by atoms with van der Waals surface area (Å²) in [5.74, 6) is 1.30. The normalized spacial score (nSPS) is 16.0. The average molecular weight is 415 g/mol. The van der Waals surface area contributed by atoms with Crippen molar-refractivity contribution in [2.75, 3.05) is 17.7 Å². The lowest BCUT2D eigenvalue weighted by Gasteiger charge is -2.16. The minimum Gasteiger partial charge on any atom is -0.376 e. The van der Waals surface area contributed by atoms with Crippen LogP contribution in [-0.2, 0) is 22.6 Å². The van der Waals surface area contributed by atoms with E-state index in [4.69, 9.17) is 4.74 Å². The maximum atomic E-state index is 12.7. The number of carbonyl (C=O) groups excluding carboxylic acids is 1. The van der Waals surface area contributed by atoms with Gasteiger partial charge in [-0.1, -0.05) is 17.8 Å². The van der Waals surface area contributed by atoms with Gasteiger partial charge in [-0.2, -0.15) is 5.26 Å². The number of nitrogens with zero attached hydrogens (tertiary/aromatic N) is 5. The maximum absolute atomic E-state index is 12.7. The third-order valence-electron chi connectivity index (χ3n) is 5.15. The summed E-state index contributed by atoms with van der Waals surface area (Å²) in [4.78, 5) is 12.7. The summed E-state index contributed by atoms with van der Waals surface area (Å²) in [6, 6.07) is 2.24. The van der Waals surface area contributed by atoms with Gasteiger partial charge in [-0.05, 0) is 39.2 Å². The molecule has 1 amide bonds. The van der Waals surface area contributed by atoms with Gasteiger partial charge >= 0.3 is 0 Å². The first-order valence-corrected chi connectivity index (χ1v) is 10.6. The molecule has 1 fully saturated rings. The molecule has 29 heavy (non-hydrogen) atoms. The third-order valence-corrected chi connectivity index (χ3v) is 6.12. The summed E-state index contributed by atoms with van der Waals surface area (Å²) in [7, 11) is 0. The summed E-state index contributed by atoms with van der Waals surface area (Å²) < 4.78 is 9.65. The molecule has 1 saturated heterocycles. The van der Waals surface area contributed by atoms with Crippen molar-refractivity contribution < 1.29 is 9.53 Å². The van der Waals surface area contributed by atoms with Gasteiger partial charge < -0.3 is 19.2 Å². The van der Waals surface area contributed by atoms with Crippen LogP contribution in [0.15, 0.2) is 17.8 Å². The van der Waals surface area contributed by atoms with E-state index in [0.717, 1.165) is 36.5 Å². The fraction of sp³-hybridized carbons (Fsp3) is 0.500. The third kappa shape index (κ3) is 4.54. The first-order valence-electron chi connectivity index (χ1n) is 9.61. The lowest BCUT2D eigenvalue weighted by Crippen LogP contribution is -2.22. The number of ether oxygens (including phenoxy) is 1. The topological polar surface area (TPSA) is 97.8 Å². The first kappa shape index (κ1) is 21.1. The van der Waals surface area contributed by atoms with Crippen LogP contribution in [0.4, 0.5) is 5.82 Å². The zero-order valence-electron chi connectivity index (χ0n) is 17.1. The van der Waals surface area contributed by atoms with Gasteiger partial charge in [0.25, 0.3) is 0 Å². The Hall–Kier alpha value is -2.57. The molecule has 0 radical (unpaired) electrons. The number of nitriles is 1. The summed E-state index contributed by atoms with van der Waals surface area (Å²) in [6.07, 6.45) is 3.90. The van der Waals surface area contributed by atoms with Crippen LogP contribution in [0.5, 0.6) is 0 Å². The van der Waals surface area contributed by atoms with Crippen molar-refractivity contribution in [1.29, 1.82) is 5.26 Å². The highest BCUT2D eigenvalue weighted by molar-refractivity contribution is 7.99. The monoisotopic (exact) mass is 414 g/mol. The van der Waals surface area contributed by atoms with Gasteiger partial charge in [0.2, 0.25) is 5.91 Å². The van der Waals surface area contributed by atoms with E-state index in [2.05, 4.69) is 28.2 Å². The lowest BCUT2D eigenvalue weighted by atomic mass is 10.2. The van der Waals surface area contributed by atoms with E-state index in [1.54, 1.807) is 6.08 Å². The van der Waals surface area contributed by atoms with Crippen LogP contribution in [0.2, 0.25) is 0 Å². The maximum Gasteiger partial charge on any atom is 0.235 e. The fourth-order valence-corrected chi connectivity index (χ4v) is 4.25. The van der Waals surface area contributed by atoms with Gasteiger partial charge in [0.1, 0.15) is 17.7 Å². The number of rotatable bonds is 8. The van der Waals surface area contributed by atoms with Crippen molar-refractivity contribution in [2.24, 2.45) is 0 Å². The van der Waals surface area contributed by atoms with E-state index in [1.165, 1.54) is 11.8 Å². The van der Waals surface area contributed by atoms with Crippen molar-refractivity contribution in [3.63, 3.8) is 0 Å². The van der Waals surface area contributed by atoms with Crippen molar-refractivity contribution in [1.82, 2.24) is 19.3 Å².